The highest BCUT2D eigenvalue weighted by Gasteiger charge is 2.35. The molecule has 11 heteroatoms. The van der Waals surface area contributed by atoms with Crippen molar-refractivity contribution in [2.24, 2.45) is 0 Å². The first-order valence-electron chi connectivity index (χ1n) is 10.7. The number of pyridine rings is 1. The molecule has 1 amide bonds. The lowest BCUT2D eigenvalue weighted by Crippen LogP contribution is -2.36. The summed E-state index contributed by atoms with van der Waals surface area (Å²) in [4.78, 5) is 40.5. The molecule has 0 bridgehead atoms. The van der Waals surface area contributed by atoms with E-state index in [0.717, 1.165) is 23.5 Å². The van der Waals surface area contributed by atoms with Crippen LogP contribution in [-0.4, -0.2) is 58.3 Å². The smallest absolute Gasteiger partial charge is 0.410 e. The predicted molar refractivity (Wildman–Crippen MR) is 129 cm³/mol. The second-order valence-corrected chi connectivity index (χ2v) is 10.4. The van der Waals surface area contributed by atoms with Gasteiger partial charge in [0.25, 0.3) is 0 Å². The van der Waals surface area contributed by atoms with Crippen molar-refractivity contribution in [3.63, 3.8) is 0 Å². The lowest BCUT2D eigenvalue weighted by Gasteiger charge is -2.27. The van der Waals surface area contributed by atoms with Crippen molar-refractivity contribution in [1.29, 1.82) is 0 Å². The molecule has 1 aliphatic rings. The number of methoxy groups -OCH3 is 2. The average molecular weight is 503 g/mol. The number of nitrogens with zero attached hydrogens (tertiary/aromatic N) is 4. The van der Waals surface area contributed by atoms with Gasteiger partial charge in [0, 0.05) is 23.4 Å². The van der Waals surface area contributed by atoms with Crippen molar-refractivity contribution in [2.75, 3.05) is 20.8 Å². The number of amides is 1. The summed E-state index contributed by atoms with van der Waals surface area (Å²) in [5.74, 6) is -0.129. The maximum absolute atomic E-state index is 12.7. The molecule has 1 atom stereocenters. The van der Waals surface area contributed by atoms with E-state index in [1.165, 1.54) is 36.9 Å². The van der Waals surface area contributed by atoms with Gasteiger partial charge in [-0.05, 0) is 39.7 Å². The molecule has 4 heterocycles. The molecule has 3 aromatic heterocycles. The van der Waals surface area contributed by atoms with Crippen molar-refractivity contribution in [2.45, 2.75) is 45.3 Å². The van der Waals surface area contributed by atoms with Gasteiger partial charge >= 0.3 is 12.1 Å². The Balaban J connectivity index is 1.59. The number of hydrogen-bond donors (Lipinski definition) is 0. The SMILES string of the molecule is COC(=O)c1ccc(OC)nc1-c1csc(-c2csc([C@@H]3CCCN3C(=O)OC(C)(C)C)n2)n1. The topological polar surface area (TPSA) is 104 Å². The van der Waals surface area contributed by atoms with Gasteiger partial charge in [0.05, 0.1) is 25.8 Å². The van der Waals surface area contributed by atoms with Gasteiger partial charge in [-0.1, -0.05) is 0 Å². The van der Waals surface area contributed by atoms with E-state index in [9.17, 15) is 9.59 Å². The Bertz CT molecular complexity index is 1200. The van der Waals surface area contributed by atoms with E-state index >= 15 is 0 Å². The molecule has 0 aromatic carbocycles. The van der Waals surface area contributed by atoms with Crippen LogP contribution in [0.3, 0.4) is 0 Å². The molecule has 0 N–H and O–H groups in total. The van der Waals surface area contributed by atoms with E-state index in [2.05, 4.69) is 9.97 Å². The van der Waals surface area contributed by atoms with Crippen molar-refractivity contribution in [3.8, 4) is 28.0 Å². The Morgan fingerprint density at radius 3 is 2.53 bits per heavy atom. The van der Waals surface area contributed by atoms with E-state index in [1.54, 1.807) is 17.0 Å². The zero-order chi connectivity index (χ0) is 24.5. The van der Waals surface area contributed by atoms with Crippen LogP contribution >= 0.6 is 22.7 Å². The number of carbonyl (C=O) groups is 2. The zero-order valence-electron chi connectivity index (χ0n) is 19.7. The molecule has 3 aromatic rings. The minimum atomic E-state index is -0.549. The third-order valence-corrected chi connectivity index (χ3v) is 6.95. The third kappa shape index (κ3) is 5.05. The Morgan fingerprint density at radius 2 is 1.82 bits per heavy atom. The van der Waals surface area contributed by atoms with Crippen LogP contribution in [0.5, 0.6) is 5.88 Å². The number of esters is 1. The van der Waals surface area contributed by atoms with Gasteiger partial charge in [-0.3, -0.25) is 4.90 Å². The number of carbonyl (C=O) groups excluding carboxylic acids is 2. The molecule has 0 spiro atoms. The van der Waals surface area contributed by atoms with Crippen molar-refractivity contribution < 1.29 is 23.8 Å². The molecule has 0 radical (unpaired) electrons. The average Bonchev–Trinajstić information content (AvgIpc) is 3.56. The van der Waals surface area contributed by atoms with Crippen LogP contribution < -0.4 is 4.74 Å². The van der Waals surface area contributed by atoms with Crippen LogP contribution in [0.4, 0.5) is 4.79 Å². The standard InChI is InChI=1S/C23H26N4O5S2/c1-23(2,3)32-22(29)27-10-6-7-16(27)20-25-15(12-34-20)19-24-14(11-33-19)18-13(21(28)31-5)8-9-17(26-18)30-4/h8-9,11-12,16H,6-7,10H2,1-5H3/t16-/m0/s1. The number of rotatable bonds is 5. The van der Waals surface area contributed by atoms with Gasteiger partial charge < -0.3 is 14.2 Å². The Morgan fingerprint density at radius 1 is 1.06 bits per heavy atom. The summed E-state index contributed by atoms with van der Waals surface area (Å²) in [6.45, 7) is 6.23. The summed E-state index contributed by atoms with van der Waals surface area (Å²) in [7, 11) is 2.83. The summed E-state index contributed by atoms with van der Waals surface area (Å²) in [5.41, 5.74) is 1.39. The monoisotopic (exact) mass is 502 g/mol. The third-order valence-electron chi connectivity index (χ3n) is 5.14. The van der Waals surface area contributed by atoms with Gasteiger partial charge in [0.1, 0.15) is 32.7 Å². The Labute approximate surface area is 205 Å². The van der Waals surface area contributed by atoms with Crippen LogP contribution in [0, 0.1) is 0 Å². The van der Waals surface area contributed by atoms with Gasteiger partial charge in [0.15, 0.2) is 0 Å². The number of ether oxygens (including phenoxy) is 3. The Kier molecular flexibility index (Phi) is 6.85. The summed E-state index contributed by atoms with van der Waals surface area (Å²) < 4.78 is 15.7. The second kappa shape index (κ2) is 9.67. The summed E-state index contributed by atoms with van der Waals surface area (Å²) >= 11 is 2.90. The van der Waals surface area contributed by atoms with Gasteiger partial charge in [-0.25, -0.2) is 24.5 Å². The highest BCUT2D eigenvalue weighted by Crippen LogP contribution is 2.38. The number of hydrogen-bond acceptors (Lipinski definition) is 10. The molecule has 1 aliphatic heterocycles. The lowest BCUT2D eigenvalue weighted by molar-refractivity contribution is 0.0224. The number of thiazole rings is 2. The van der Waals surface area contributed by atoms with Gasteiger partial charge in [0.2, 0.25) is 5.88 Å². The molecule has 4 rings (SSSR count). The lowest BCUT2D eigenvalue weighted by atomic mass is 10.1. The van der Waals surface area contributed by atoms with Gasteiger partial charge in [-0.2, -0.15) is 0 Å². The van der Waals surface area contributed by atoms with E-state index in [1.807, 2.05) is 31.5 Å². The minimum absolute atomic E-state index is 0.112. The summed E-state index contributed by atoms with van der Waals surface area (Å²) in [6.07, 6.45) is 1.42. The van der Waals surface area contributed by atoms with Gasteiger partial charge in [-0.15, -0.1) is 22.7 Å². The normalized spacial score (nSPS) is 15.9. The van der Waals surface area contributed by atoms with Crippen LogP contribution in [0.15, 0.2) is 22.9 Å². The maximum Gasteiger partial charge on any atom is 0.410 e. The highest BCUT2D eigenvalue weighted by atomic mass is 32.1. The van der Waals surface area contributed by atoms with E-state index in [-0.39, 0.29) is 12.1 Å². The number of likely N-dealkylation sites (tertiary alicyclic amines) is 1. The first kappa shape index (κ1) is 24.1. The molecular formula is C23H26N4O5S2. The number of aromatic nitrogens is 3. The highest BCUT2D eigenvalue weighted by molar-refractivity contribution is 7.14. The molecule has 0 aliphatic carbocycles. The molecule has 0 unspecified atom stereocenters. The van der Waals surface area contributed by atoms with Crippen LogP contribution in [0.1, 0.15) is 55.0 Å². The van der Waals surface area contributed by atoms with Crippen LogP contribution in [0.25, 0.3) is 22.1 Å². The summed E-state index contributed by atoms with van der Waals surface area (Å²) in [5, 5.41) is 5.30. The largest absolute Gasteiger partial charge is 0.481 e. The predicted octanol–water partition coefficient (Wildman–Crippen LogP) is 5.20. The van der Waals surface area contributed by atoms with E-state index < -0.39 is 11.6 Å². The Hall–Kier alpha value is -3.05. The first-order valence-corrected chi connectivity index (χ1v) is 12.5. The fourth-order valence-corrected chi connectivity index (χ4v) is 5.41. The minimum Gasteiger partial charge on any atom is -0.481 e. The molecule has 1 saturated heterocycles. The fraction of sp³-hybridized carbons (Fsp3) is 0.435. The van der Waals surface area contributed by atoms with E-state index in [0.29, 0.717) is 34.4 Å². The molecule has 34 heavy (non-hydrogen) atoms. The quantitative estimate of drug-likeness (QED) is 0.439. The van der Waals surface area contributed by atoms with Crippen LogP contribution in [-0.2, 0) is 9.47 Å². The van der Waals surface area contributed by atoms with Crippen molar-refractivity contribution >= 4 is 34.7 Å². The second-order valence-electron chi connectivity index (χ2n) is 8.68. The van der Waals surface area contributed by atoms with Crippen LogP contribution in [0.2, 0.25) is 0 Å². The van der Waals surface area contributed by atoms with E-state index in [4.69, 9.17) is 19.2 Å². The molecule has 180 valence electrons. The van der Waals surface area contributed by atoms with Crippen molar-refractivity contribution in [1.82, 2.24) is 19.9 Å². The summed E-state index contributed by atoms with van der Waals surface area (Å²) in [6, 6.07) is 3.10. The first-order chi connectivity index (χ1) is 16.2. The zero-order valence-corrected chi connectivity index (χ0v) is 21.3. The van der Waals surface area contributed by atoms with Crippen molar-refractivity contribution in [3.05, 3.63) is 33.5 Å². The molecule has 0 saturated carbocycles. The molecular weight excluding hydrogens is 476 g/mol. The molecule has 9 nitrogen and oxygen atoms in total. The fourth-order valence-electron chi connectivity index (χ4n) is 3.63. The maximum atomic E-state index is 12.7. The molecule has 1 fully saturated rings.